The first-order valence-corrected chi connectivity index (χ1v) is 8.67. The van der Waals surface area contributed by atoms with Gasteiger partial charge in [-0.3, -0.25) is 4.98 Å². The largest absolute Gasteiger partial charge is 0.476 e. The molecule has 0 N–H and O–H groups in total. The molecule has 7 heteroatoms. The smallest absolute Gasteiger partial charge is 0.232 e. The molecule has 1 saturated heterocycles. The molecule has 2 aromatic rings. The minimum Gasteiger partial charge on any atom is -0.476 e. The molecule has 1 aliphatic heterocycles. The van der Waals surface area contributed by atoms with E-state index in [0.717, 1.165) is 37.7 Å². The molecule has 6 nitrogen and oxygen atoms in total. The Labute approximate surface area is 133 Å². The van der Waals surface area contributed by atoms with Gasteiger partial charge in [0.25, 0.3) is 0 Å². The van der Waals surface area contributed by atoms with Crippen LogP contribution in [0.2, 0.25) is 0 Å². The number of anilines is 1. The van der Waals surface area contributed by atoms with Crippen molar-refractivity contribution in [1.29, 1.82) is 0 Å². The number of rotatable bonds is 5. The lowest BCUT2D eigenvalue weighted by Crippen LogP contribution is -2.35. The topological polar surface area (TPSA) is 64.0 Å². The molecule has 2 fully saturated rings. The Bertz CT molecular complexity index is 607. The summed E-state index contributed by atoms with van der Waals surface area (Å²) in [6, 6.07) is 0. The van der Waals surface area contributed by atoms with Crippen LogP contribution in [0.4, 0.5) is 5.13 Å². The number of ether oxygens (including phenoxy) is 1. The summed E-state index contributed by atoms with van der Waals surface area (Å²) in [6.07, 6.45) is 9.80. The number of nitrogens with zero attached hydrogens (tertiary/aromatic N) is 5. The van der Waals surface area contributed by atoms with Gasteiger partial charge in [-0.2, -0.15) is 0 Å². The van der Waals surface area contributed by atoms with E-state index in [1.165, 1.54) is 17.8 Å². The van der Waals surface area contributed by atoms with Crippen molar-refractivity contribution >= 4 is 16.5 Å². The fraction of sp³-hybridized carbons (Fsp3) is 0.600. The zero-order valence-electron chi connectivity index (χ0n) is 12.4. The summed E-state index contributed by atoms with van der Waals surface area (Å²) in [4.78, 5) is 10.5. The van der Waals surface area contributed by atoms with E-state index >= 15 is 0 Å². The molecule has 116 valence electrons. The van der Waals surface area contributed by atoms with Gasteiger partial charge >= 0.3 is 0 Å². The van der Waals surface area contributed by atoms with Crippen LogP contribution >= 0.6 is 11.3 Å². The minimum atomic E-state index is 0.578. The van der Waals surface area contributed by atoms with Gasteiger partial charge in [0.05, 0.1) is 12.8 Å². The van der Waals surface area contributed by atoms with E-state index in [4.69, 9.17) is 4.74 Å². The SMILES string of the molecule is c1cnc(OCC2CCN(c3nnc(C4CC4)s3)CC2)cn1. The Morgan fingerprint density at radius 2 is 2.00 bits per heavy atom. The number of aromatic nitrogens is 4. The highest BCUT2D eigenvalue weighted by molar-refractivity contribution is 7.15. The van der Waals surface area contributed by atoms with Crippen LogP contribution in [0.5, 0.6) is 5.88 Å². The fourth-order valence-corrected chi connectivity index (χ4v) is 3.77. The van der Waals surface area contributed by atoms with Gasteiger partial charge in [-0.1, -0.05) is 11.3 Å². The molecule has 0 unspecified atom stereocenters. The predicted octanol–water partition coefficient (Wildman–Crippen LogP) is 2.50. The summed E-state index contributed by atoms with van der Waals surface area (Å²) >= 11 is 1.78. The third-order valence-corrected chi connectivity index (χ3v) is 5.39. The molecule has 3 heterocycles. The van der Waals surface area contributed by atoms with Gasteiger partial charge in [-0.05, 0) is 31.6 Å². The maximum atomic E-state index is 5.71. The van der Waals surface area contributed by atoms with E-state index < -0.39 is 0 Å². The molecule has 0 radical (unpaired) electrons. The van der Waals surface area contributed by atoms with Crippen LogP contribution in [0.1, 0.15) is 36.6 Å². The lowest BCUT2D eigenvalue weighted by Gasteiger charge is -2.31. The average Bonchev–Trinajstić information content (AvgIpc) is 3.32. The van der Waals surface area contributed by atoms with E-state index in [1.54, 1.807) is 29.9 Å². The van der Waals surface area contributed by atoms with Crippen molar-refractivity contribution in [3.05, 3.63) is 23.6 Å². The summed E-state index contributed by atoms with van der Waals surface area (Å²) in [5.74, 6) is 1.89. The summed E-state index contributed by atoms with van der Waals surface area (Å²) in [5, 5.41) is 11.0. The molecule has 2 aliphatic rings. The molecule has 0 aromatic carbocycles. The zero-order valence-corrected chi connectivity index (χ0v) is 13.2. The van der Waals surface area contributed by atoms with E-state index in [1.807, 2.05) is 0 Å². The highest BCUT2D eigenvalue weighted by atomic mass is 32.1. The zero-order chi connectivity index (χ0) is 14.8. The number of hydrogen-bond donors (Lipinski definition) is 0. The van der Waals surface area contributed by atoms with Crippen molar-refractivity contribution in [2.75, 3.05) is 24.6 Å². The van der Waals surface area contributed by atoms with Crippen molar-refractivity contribution < 1.29 is 4.74 Å². The fourth-order valence-electron chi connectivity index (χ4n) is 2.70. The van der Waals surface area contributed by atoms with Crippen molar-refractivity contribution in [2.45, 2.75) is 31.6 Å². The van der Waals surface area contributed by atoms with Crippen LogP contribution in [0.3, 0.4) is 0 Å². The van der Waals surface area contributed by atoms with E-state index in [0.29, 0.717) is 17.7 Å². The second kappa shape index (κ2) is 6.16. The predicted molar refractivity (Wildman–Crippen MR) is 84.3 cm³/mol. The molecule has 22 heavy (non-hydrogen) atoms. The Balaban J connectivity index is 1.26. The first-order chi connectivity index (χ1) is 10.9. The second-order valence-corrected chi connectivity index (χ2v) is 6.97. The first kappa shape index (κ1) is 13.9. The van der Waals surface area contributed by atoms with Crippen molar-refractivity contribution in [3.63, 3.8) is 0 Å². The third kappa shape index (κ3) is 3.19. The van der Waals surface area contributed by atoms with Crippen LogP contribution < -0.4 is 9.64 Å². The third-order valence-electron chi connectivity index (χ3n) is 4.25. The van der Waals surface area contributed by atoms with Crippen LogP contribution in [0.15, 0.2) is 18.6 Å². The van der Waals surface area contributed by atoms with Crippen molar-refractivity contribution in [2.24, 2.45) is 5.92 Å². The maximum Gasteiger partial charge on any atom is 0.232 e. The summed E-state index contributed by atoms with van der Waals surface area (Å²) in [7, 11) is 0. The minimum absolute atomic E-state index is 0.578. The van der Waals surface area contributed by atoms with E-state index in [-0.39, 0.29) is 0 Å². The molecular weight excluding hydrogens is 298 g/mol. The monoisotopic (exact) mass is 317 g/mol. The average molecular weight is 317 g/mol. The Hall–Kier alpha value is -1.76. The molecule has 0 atom stereocenters. The summed E-state index contributed by atoms with van der Waals surface area (Å²) in [5.41, 5.74) is 0. The van der Waals surface area contributed by atoms with Gasteiger partial charge in [0.1, 0.15) is 5.01 Å². The Kier molecular flexibility index (Phi) is 3.88. The molecule has 1 aliphatic carbocycles. The Morgan fingerprint density at radius 1 is 1.14 bits per heavy atom. The normalized spacial score (nSPS) is 19.4. The van der Waals surface area contributed by atoms with Gasteiger partial charge in [-0.15, -0.1) is 10.2 Å². The van der Waals surface area contributed by atoms with Gasteiger partial charge in [0.2, 0.25) is 11.0 Å². The number of hydrogen-bond acceptors (Lipinski definition) is 7. The van der Waals surface area contributed by atoms with Crippen molar-refractivity contribution in [3.8, 4) is 5.88 Å². The summed E-state index contributed by atoms with van der Waals surface area (Å²) < 4.78 is 5.71. The van der Waals surface area contributed by atoms with E-state index in [2.05, 4.69) is 25.1 Å². The Morgan fingerprint density at radius 3 is 2.73 bits per heavy atom. The van der Waals surface area contributed by atoms with Gasteiger partial charge in [0.15, 0.2) is 0 Å². The molecule has 0 spiro atoms. The highest BCUT2D eigenvalue weighted by Gasteiger charge is 2.29. The van der Waals surface area contributed by atoms with Crippen molar-refractivity contribution in [1.82, 2.24) is 20.2 Å². The molecule has 2 aromatic heterocycles. The van der Waals surface area contributed by atoms with Crippen LogP contribution in [-0.2, 0) is 0 Å². The van der Waals surface area contributed by atoms with Gasteiger partial charge in [-0.25, -0.2) is 4.98 Å². The molecule has 0 amide bonds. The van der Waals surface area contributed by atoms with Gasteiger partial charge in [0, 0.05) is 31.4 Å². The van der Waals surface area contributed by atoms with Gasteiger partial charge < -0.3 is 9.64 Å². The molecule has 0 bridgehead atoms. The molecule has 4 rings (SSSR count). The second-order valence-electron chi connectivity index (χ2n) is 5.98. The van der Waals surface area contributed by atoms with Crippen LogP contribution in [0, 0.1) is 5.92 Å². The maximum absolute atomic E-state index is 5.71. The van der Waals surface area contributed by atoms with Crippen LogP contribution in [-0.4, -0.2) is 39.9 Å². The molecular formula is C15H19N5OS. The van der Waals surface area contributed by atoms with E-state index in [9.17, 15) is 0 Å². The lowest BCUT2D eigenvalue weighted by atomic mass is 9.98. The van der Waals surface area contributed by atoms with Crippen LogP contribution in [0.25, 0.3) is 0 Å². The standard InChI is InChI=1S/C15H19N5OS/c1-2-12(1)14-18-19-15(22-14)20-7-3-11(4-8-20)10-21-13-9-16-5-6-17-13/h5-6,9,11-12H,1-4,7-8,10H2. The summed E-state index contributed by atoms with van der Waals surface area (Å²) in [6.45, 7) is 2.79. The number of piperidine rings is 1. The molecule has 1 saturated carbocycles. The first-order valence-electron chi connectivity index (χ1n) is 7.85. The lowest BCUT2D eigenvalue weighted by molar-refractivity contribution is 0.215. The highest BCUT2D eigenvalue weighted by Crippen LogP contribution is 2.42. The quantitative estimate of drug-likeness (QED) is 0.844.